The zero-order valence-corrected chi connectivity index (χ0v) is 18.4. The van der Waals surface area contributed by atoms with Gasteiger partial charge in [0, 0.05) is 5.56 Å². The van der Waals surface area contributed by atoms with Gasteiger partial charge in [0.05, 0.1) is 34.0 Å². The average Bonchev–Trinajstić information content (AvgIpc) is 3.05. The first kappa shape index (κ1) is 22.2. The van der Waals surface area contributed by atoms with Crippen LogP contribution in [0.15, 0.2) is 71.6 Å². The van der Waals surface area contributed by atoms with E-state index in [1.54, 1.807) is 36.4 Å². The van der Waals surface area contributed by atoms with Crippen LogP contribution >= 0.6 is 0 Å². The van der Waals surface area contributed by atoms with E-state index >= 15 is 0 Å². The van der Waals surface area contributed by atoms with Crippen LogP contribution in [-0.4, -0.2) is 41.9 Å². The van der Waals surface area contributed by atoms with E-state index in [0.717, 1.165) is 4.90 Å². The number of imide groups is 1. The molecule has 0 atom stereocenters. The summed E-state index contributed by atoms with van der Waals surface area (Å²) in [6.07, 6.45) is 0. The van der Waals surface area contributed by atoms with Crippen molar-refractivity contribution in [1.82, 2.24) is 4.90 Å². The van der Waals surface area contributed by atoms with Crippen LogP contribution < -0.4 is 5.32 Å². The van der Waals surface area contributed by atoms with Gasteiger partial charge >= 0.3 is 0 Å². The van der Waals surface area contributed by atoms with Gasteiger partial charge in [0.25, 0.3) is 17.7 Å². The minimum Gasteiger partial charge on any atom is -0.506 e. The molecule has 3 aromatic rings. The summed E-state index contributed by atoms with van der Waals surface area (Å²) < 4.78 is 24.2. The lowest BCUT2D eigenvalue weighted by Gasteiger charge is -2.15. The number of carbonyl (C=O) groups excluding carboxylic acids is 3. The Labute approximate surface area is 190 Å². The van der Waals surface area contributed by atoms with E-state index in [0.29, 0.717) is 16.7 Å². The maximum Gasteiger partial charge on any atom is 0.261 e. The molecule has 9 heteroatoms. The van der Waals surface area contributed by atoms with Crippen molar-refractivity contribution < 1.29 is 27.9 Å². The van der Waals surface area contributed by atoms with Crippen molar-refractivity contribution in [3.8, 4) is 5.75 Å². The number of phenols is 1. The summed E-state index contributed by atoms with van der Waals surface area (Å²) in [7, 11) is -3.52. The van der Waals surface area contributed by atoms with Gasteiger partial charge in [0.1, 0.15) is 5.75 Å². The Kier molecular flexibility index (Phi) is 5.73. The first-order chi connectivity index (χ1) is 15.7. The number of benzene rings is 3. The number of phenolic OH excluding ortho intramolecular Hbond substituents is 1. The third-order valence-electron chi connectivity index (χ3n) is 5.36. The summed E-state index contributed by atoms with van der Waals surface area (Å²) in [4.78, 5) is 39.1. The lowest BCUT2D eigenvalue weighted by Crippen LogP contribution is -2.29. The minimum atomic E-state index is -3.52. The lowest BCUT2D eigenvalue weighted by molar-refractivity contribution is 0.0642. The van der Waals surface area contributed by atoms with E-state index in [2.05, 4.69) is 5.32 Å². The molecule has 1 aliphatic heterocycles. The second-order valence-corrected chi connectivity index (χ2v) is 9.76. The number of nitrogens with zero attached hydrogens (tertiary/aromatic N) is 1. The van der Waals surface area contributed by atoms with Gasteiger partial charge in [-0.2, -0.15) is 0 Å². The summed E-state index contributed by atoms with van der Waals surface area (Å²) >= 11 is 0. The van der Waals surface area contributed by atoms with Gasteiger partial charge in [0.15, 0.2) is 9.84 Å². The summed E-state index contributed by atoms with van der Waals surface area (Å²) in [6.45, 7) is 1.49. The monoisotopic (exact) mass is 464 g/mol. The highest BCUT2D eigenvalue weighted by atomic mass is 32.2. The van der Waals surface area contributed by atoms with Crippen molar-refractivity contribution in [2.75, 3.05) is 11.1 Å². The number of fused-ring (bicyclic) bond motifs is 1. The van der Waals surface area contributed by atoms with E-state index in [4.69, 9.17) is 0 Å². The van der Waals surface area contributed by atoms with Crippen LogP contribution in [0.2, 0.25) is 0 Å². The van der Waals surface area contributed by atoms with Crippen LogP contribution in [0, 0.1) is 0 Å². The highest BCUT2D eigenvalue weighted by Gasteiger charge is 2.35. The number of nitrogens with one attached hydrogen (secondary N) is 1. The third-order valence-corrected chi connectivity index (χ3v) is 7.10. The maximum absolute atomic E-state index is 12.8. The Morgan fingerprint density at radius 1 is 0.939 bits per heavy atom. The zero-order valence-electron chi connectivity index (χ0n) is 17.6. The van der Waals surface area contributed by atoms with Crippen molar-refractivity contribution in [3.63, 3.8) is 0 Å². The quantitative estimate of drug-likeness (QED) is 0.427. The standard InChI is InChI=1S/C24H20N2O6S/c1-2-33(31,32)17-10-11-21(27)20(13-17)25-22(28)16-7-5-6-15(12-16)14-26-23(29)18-8-3-4-9-19(18)24(26)30/h3-13,27H,2,14H2,1H3,(H,25,28). The third kappa shape index (κ3) is 4.22. The van der Waals surface area contributed by atoms with Crippen LogP contribution in [0.5, 0.6) is 5.75 Å². The van der Waals surface area contributed by atoms with Crippen molar-refractivity contribution in [1.29, 1.82) is 0 Å². The number of anilines is 1. The molecule has 0 aromatic heterocycles. The molecule has 0 unspecified atom stereocenters. The summed E-state index contributed by atoms with van der Waals surface area (Å²) in [5, 5.41) is 12.6. The molecule has 0 aliphatic carbocycles. The van der Waals surface area contributed by atoms with Crippen molar-refractivity contribution in [3.05, 3.63) is 89.0 Å². The van der Waals surface area contributed by atoms with Gasteiger partial charge in [0.2, 0.25) is 0 Å². The van der Waals surface area contributed by atoms with Gasteiger partial charge in [-0.1, -0.05) is 31.2 Å². The second kappa shape index (κ2) is 8.51. The molecule has 0 saturated carbocycles. The Balaban J connectivity index is 1.55. The molecule has 4 rings (SSSR count). The molecule has 2 N–H and O–H groups in total. The average molecular weight is 464 g/mol. The molecule has 168 valence electrons. The SMILES string of the molecule is CCS(=O)(=O)c1ccc(O)c(NC(=O)c2cccc(CN3C(=O)c4ccccc4C3=O)c2)c1. The van der Waals surface area contributed by atoms with Crippen LogP contribution in [0.4, 0.5) is 5.69 Å². The molecule has 1 aliphatic rings. The molecule has 3 amide bonds. The van der Waals surface area contributed by atoms with Crippen LogP contribution in [-0.2, 0) is 16.4 Å². The van der Waals surface area contributed by atoms with E-state index in [1.807, 2.05) is 0 Å². The first-order valence-corrected chi connectivity index (χ1v) is 11.8. The minimum absolute atomic E-state index is 0.0110. The number of carbonyl (C=O) groups is 3. The van der Waals surface area contributed by atoms with Gasteiger partial charge in [-0.3, -0.25) is 19.3 Å². The Hall–Kier alpha value is -3.98. The molecule has 33 heavy (non-hydrogen) atoms. The number of hydrogen-bond acceptors (Lipinski definition) is 6. The van der Waals surface area contributed by atoms with Crippen LogP contribution in [0.1, 0.15) is 43.6 Å². The van der Waals surface area contributed by atoms with Gasteiger partial charge < -0.3 is 10.4 Å². The highest BCUT2D eigenvalue weighted by molar-refractivity contribution is 7.91. The molecular weight excluding hydrogens is 444 g/mol. The van der Waals surface area contributed by atoms with Crippen LogP contribution in [0.25, 0.3) is 0 Å². The number of rotatable bonds is 6. The molecule has 1 heterocycles. The van der Waals surface area contributed by atoms with E-state index < -0.39 is 27.6 Å². The largest absolute Gasteiger partial charge is 0.506 e. The fraction of sp³-hybridized carbons (Fsp3) is 0.125. The predicted octanol–water partition coefficient (Wildman–Crippen LogP) is 3.23. The maximum atomic E-state index is 12.8. The number of amides is 3. The topological polar surface area (TPSA) is 121 Å². The Bertz CT molecular complexity index is 1360. The van der Waals surface area contributed by atoms with Crippen molar-refractivity contribution in [2.45, 2.75) is 18.4 Å². The summed E-state index contributed by atoms with van der Waals surface area (Å²) in [5.41, 5.74) is 1.42. The molecule has 8 nitrogen and oxygen atoms in total. The smallest absolute Gasteiger partial charge is 0.261 e. The van der Waals surface area contributed by atoms with Gasteiger partial charge in [-0.25, -0.2) is 8.42 Å². The fourth-order valence-electron chi connectivity index (χ4n) is 3.55. The Morgan fingerprint density at radius 3 is 2.24 bits per heavy atom. The Morgan fingerprint density at radius 2 is 1.61 bits per heavy atom. The number of sulfone groups is 1. The van der Waals surface area contributed by atoms with Gasteiger partial charge in [-0.15, -0.1) is 0 Å². The number of hydrogen-bond donors (Lipinski definition) is 2. The predicted molar refractivity (Wildman–Crippen MR) is 121 cm³/mol. The van der Waals surface area contributed by atoms with Crippen LogP contribution in [0.3, 0.4) is 0 Å². The molecule has 0 saturated heterocycles. The van der Waals surface area contributed by atoms with E-state index in [-0.39, 0.29) is 34.2 Å². The summed E-state index contributed by atoms with van der Waals surface area (Å²) in [6, 6.07) is 16.6. The molecule has 0 radical (unpaired) electrons. The zero-order chi connectivity index (χ0) is 23.8. The summed E-state index contributed by atoms with van der Waals surface area (Å²) in [5.74, 6) is -1.78. The lowest BCUT2D eigenvalue weighted by atomic mass is 10.1. The molecular formula is C24H20N2O6S. The molecule has 0 spiro atoms. The normalized spacial score (nSPS) is 13.2. The van der Waals surface area contributed by atoms with Crippen molar-refractivity contribution in [2.24, 2.45) is 0 Å². The fourth-order valence-corrected chi connectivity index (χ4v) is 4.45. The second-order valence-electron chi connectivity index (χ2n) is 7.48. The van der Waals surface area contributed by atoms with E-state index in [9.17, 15) is 27.9 Å². The first-order valence-electron chi connectivity index (χ1n) is 10.1. The van der Waals surface area contributed by atoms with E-state index in [1.165, 1.54) is 37.3 Å². The molecule has 0 bridgehead atoms. The highest BCUT2D eigenvalue weighted by Crippen LogP contribution is 2.28. The molecule has 3 aromatic carbocycles. The molecule has 0 fully saturated rings. The number of aromatic hydroxyl groups is 1. The van der Waals surface area contributed by atoms with Gasteiger partial charge in [-0.05, 0) is 48.0 Å². The van der Waals surface area contributed by atoms with Crippen molar-refractivity contribution >= 4 is 33.2 Å².